The van der Waals surface area contributed by atoms with E-state index in [0.29, 0.717) is 24.1 Å². The van der Waals surface area contributed by atoms with E-state index >= 15 is 0 Å². The Morgan fingerprint density at radius 3 is 2.77 bits per heavy atom. The molecule has 1 aromatic heterocycles. The van der Waals surface area contributed by atoms with Gasteiger partial charge in [0.15, 0.2) is 0 Å². The molecule has 3 nitrogen and oxygen atoms in total. The summed E-state index contributed by atoms with van der Waals surface area (Å²) in [5.74, 6) is -1.68. The second-order valence-electron chi connectivity index (χ2n) is 5.55. The molecular formula is C16H15F3N2O. The van der Waals surface area contributed by atoms with Crippen LogP contribution in [0.2, 0.25) is 0 Å². The predicted octanol–water partition coefficient (Wildman–Crippen LogP) is 3.51. The lowest BCUT2D eigenvalue weighted by atomic mass is 9.90. The van der Waals surface area contributed by atoms with E-state index in [0.717, 1.165) is 17.3 Å². The molecule has 2 aromatic rings. The third kappa shape index (κ3) is 2.19. The minimum Gasteiger partial charge on any atom is -0.366 e. The normalized spacial score (nSPS) is 17.0. The Hall–Kier alpha value is -2.24. The Kier molecular flexibility index (Phi) is 3.47. The first-order valence-corrected chi connectivity index (χ1v) is 6.97. The van der Waals surface area contributed by atoms with Crippen molar-refractivity contribution in [2.75, 3.05) is 0 Å². The first-order chi connectivity index (χ1) is 10.4. The van der Waals surface area contributed by atoms with Crippen LogP contribution in [0.25, 0.3) is 0 Å². The van der Waals surface area contributed by atoms with Crippen LogP contribution in [-0.4, -0.2) is 10.5 Å². The molecule has 1 aliphatic heterocycles. The van der Waals surface area contributed by atoms with Crippen molar-refractivity contribution in [1.82, 2.24) is 4.57 Å². The van der Waals surface area contributed by atoms with E-state index in [4.69, 9.17) is 5.73 Å². The topological polar surface area (TPSA) is 48.0 Å². The fraction of sp³-hybridized carbons (Fsp3) is 0.312. The lowest BCUT2D eigenvalue weighted by molar-refractivity contribution is 0.0998. The number of carbonyl (C=O) groups is 1. The molecule has 22 heavy (non-hydrogen) atoms. The number of hydrogen-bond donors (Lipinski definition) is 1. The minimum absolute atomic E-state index is 0.228. The van der Waals surface area contributed by atoms with Crippen LogP contribution in [-0.2, 0) is 6.54 Å². The predicted molar refractivity (Wildman–Crippen MR) is 75.5 cm³/mol. The summed E-state index contributed by atoms with van der Waals surface area (Å²) in [6.45, 7) is 2.47. The van der Waals surface area contributed by atoms with Crippen LogP contribution in [0.5, 0.6) is 0 Å². The number of hydrogen-bond acceptors (Lipinski definition) is 1. The number of primary amides is 1. The van der Waals surface area contributed by atoms with Crippen molar-refractivity contribution in [3.05, 3.63) is 58.2 Å². The monoisotopic (exact) mass is 308 g/mol. The summed E-state index contributed by atoms with van der Waals surface area (Å²) in [5.41, 5.74) is 7.35. The number of benzene rings is 1. The van der Waals surface area contributed by atoms with Crippen molar-refractivity contribution in [1.29, 1.82) is 0 Å². The van der Waals surface area contributed by atoms with Crippen LogP contribution in [0.1, 0.15) is 51.5 Å². The standard InChI is InChI=1S/C16H15F3N2O/c1-8-7-21-5-4-10(14(21)13(8)16(20)22)9-2-3-12(17)11(6-9)15(18)19/h2-3,6-7,10,15H,4-5H2,1H3,(H2,20,22). The van der Waals surface area contributed by atoms with E-state index in [1.165, 1.54) is 12.1 Å². The van der Waals surface area contributed by atoms with Crippen molar-refractivity contribution in [3.63, 3.8) is 0 Å². The van der Waals surface area contributed by atoms with Crippen LogP contribution in [0.3, 0.4) is 0 Å². The lowest BCUT2D eigenvalue weighted by Crippen LogP contribution is -2.15. The molecule has 0 saturated heterocycles. The zero-order valence-electron chi connectivity index (χ0n) is 11.9. The second-order valence-corrected chi connectivity index (χ2v) is 5.55. The quantitative estimate of drug-likeness (QED) is 0.927. The van der Waals surface area contributed by atoms with Gasteiger partial charge >= 0.3 is 0 Å². The highest BCUT2D eigenvalue weighted by Gasteiger charge is 2.31. The summed E-state index contributed by atoms with van der Waals surface area (Å²) >= 11 is 0. The molecule has 0 saturated carbocycles. The maximum Gasteiger partial charge on any atom is 0.266 e. The Morgan fingerprint density at radius 2 is 2.14 bits per heavy atom. The zero-order valence-corrected chi connectivity index (χ0v) is 11.9. The number of aromatic nitrogens is 1. The largest absolute Gasteiger partial charge is 0.366 e. The molecule has 0 fully saturated rings. The summed E-state index contributed by atoms with van der Waals surface area (Å²) in [5, 5.41) is 0. The summed E-state index contributed by atoms with van der Waals surface area (Å²) in [4.78, 5) is 11.7. The van der Waals surface area contributed by atoms with Gasteiger partial charge in [-0.25, -0.2) is 13.2 Å². The fourth-order valence-corrected chi connectivity index (χ4v) is 3.27. The highest BCUT2D eigenvalue weighted by Crippen LogP contribution is 2.39. The third-order valence-corrected chi connectivity index (χ3v) is 4.20. The molecule has 0 radical (unpaired) electrons. The van der Waals surface area contributed by atoms with Gasteiger partial charge in [-0.3, -0.25) is 4.79 Å². The zero-order chi connectivity index (χ0) is 16.0. The summed E-state index contributed by atoms with van der Waals surface area (Å²) < 4.78 is 41.1. The van der Waals surface area contributed by atoms with Crippen molar-refractivity contribution in [3.8, 4) is 0 Å². The Bertz CT molecular complexity index is 752. The van der Waals surface area contributed by atoms with Gasteiger partial charge in [-0.15, -0.1) is 0 Å². The molecule has 116 valence electrons. The van der Waals surface area contributed by atoms with Gasteiger partial charge < -0.3 is 10.3 Å². The van der Waals surface area contributed by atoms with Crippen molar-refractivity contribution < 1.29 is 18.0 Å². The number of alkyl halides is 2. The molecule has 0 bridgehead atoms. The SMILES string of the molecule is Cc1cn2c(c1C(N)=O)C(c1ccc(F)c(C(F)F)c1)CC2. The van der Waals surface area contributed by atoms with Gasteiger partial charge in [0.05, 0.1) is 11.1 Å². The average molecular weight is 308 g/mol. The number of amides is 1. The van der Waals surface area contributed by atoms with Crippen molar-refractivity contribution in [2.45, 2.75) is 32.2 Å². The van der Waals surface area contributed by atoms with Crippen LogP contribution in [0, 0.1) is 12.7 Å². The molecule has 6 heteroatoms. The van der Waals surface area contributed by atoms with Crippen LogP contribution in [0.4, 0.5) is 13.2 Å². The van der Waals surface area contributed by atoms with E-state index < -0.39 is 23.7 Å². The van der Waals surface area contributed by atoms with Crippen molar-refractivity contribution >= 4 is 5.91 Å². The number of rotatable bonds is 3. The number of nitrogens with zero attached hydrogens (tertiary/aromatic N) is 1. The molecule has 1 atom stereocenters. The van der Waals surface area contributed by atoms with Gasteiger partial charge in [-0.1, -0.05) is 6.07 Å². The van der Waals surface area contributed by atoms with Gasteiger partial charge in [-0.2, -0.15) is 0 Å². The smallest absolute Gasteiger partial charge is 0.266 e. The van der Waals surface area contributed by atoms with Crippen LogP contribution in [0.15, 0.2) is 24.4 Å². The third-order valence-electron chi connectivity index (χ3n) is 4.20. The molecule has 1 unspecified atom stereocenters. The number of fused-ring (bicyclic) bond motifs is 1. The van der Waals surface area contributed by atoms with Gasteiger partial charge in [0, 0.05) is 24.4 Å². The number of carbonyl (C=O) groups excluding carboxylic acids is 1. The molecule has 1 aliphatic rings. The first kappa shape index (κ1) is 14.7. The maximum atomic E-state index is 13.5. The van der Waals surface area contributed by atoms with Crippen LogP contribution < -0.4 is 5.73 Å². The highest BCUT2D eigenvalue weighted by molar-refractivity contribution is 5.96. The highest BCUT2D eigenvalue weighted by atomic mass is 19.3. The molecule has 2 heterocycles. The number of halogens is 3. The molecule has 1 amide bonds. The van der Waals surface area contributed by atoms with Gasteiger partial charge in [0.2, 0.25) is 0 Å². The molecule has 1 aromatic carbocycles. The Labute approximate surface area is 125 Å². The van der Waals surface area contributed by atoms with Crippen LogP contribution >= 0.6 is 0 Å². The fourth-order valence-electron chi connectivity index (χ4n) is 3.27. The summed E-state index contributed by atoms with van der Waals surface area (Å²) in [7, 11) is 0. The van der Waals surface area contributed by atoms with E-state index in [1.807, 2.05) is 10.8 Å². The summed E-state index contributed by atoms with van der Waals surface area (Å²) in [6.07, 6.45) is -0.359. The summed E-state index contributed by atoms with van der Waals surface area (Å²) in [6, 6.07) is 3.74. The molecule has 3 rings (SSSR count). The van der Waals surface area contributed by atoms with E-state index in [-0.39, 0.29) is 5.92 Å². The number of nitrogens with two attached hydrogens (primary N) is 1. The number of aryl methyl sites for hydroxylation is 2. The maximum absolute atomic E-state index is 13.5. The second kappa shape index (κ2) is 5.19. The molecular weight excluding hydrogens is 293 g/mol. The molecule has 0 aliphatic carbocycles. The van der Waals surface area contributed by atoms with E-state index in [2.05, 4.69) is 0 Å². The molecule has 0 spiro atoms. The Balaban J connectivity index is 2.11. The lowest BCUT2D eigenvalue weighted by Gasteiger charge is -2.14. The minimum atomic E-state index is -2.87. The van der Waals surface area contributed by atoms with Gasteiger partial charge in [-0.05, 0) is 36.6 Å². The molecule has 2 N–H and O–H groups in total. The van der Waals surface area contributed by atoms with Gasteiger partial charge in [0.25, 0.3) is 12.3 Å². The van der Waals surface area contributed by atoms with E-state index in [1.54, 1.807) is 6.92 Å². The average Bonchev–Trinajstić information content (AvgIpc) is 2.96. The van der Waals surface area contributed by atoms with Gasteiger partial charge in [0.1, 0.15) is 5.82 Å². The van der Waals surface area contributed by atoms with E-state index in [9.17, 15) is 18.0 Å². The Morgan fingerprint density at radius 1 is 1.41 bits per heavy atom. The first-order valence-electron chi connectivity index (χ1n) is 6.97. The van der Waals surface area contributed by atoms with Crippen molar-refractivity contribution in [2.24, 2.45) is 5.73 Å².